The lowest BCUT2D eigenvalue weighted by atomic mass is 10.0. The molecule has 0 aromatic carbocycles. The number of pyridine rings is 1. The normalized spacial score (nSPS) is 21.3. The van der Waals surface area contributed by atoms with Crippen LogP contribution in [0.25, 0.3) is 0 Å². The molecule has 3 N–H and O–H groups in total. The zero-order valence-corrected chi connectivity index (χ0v) is 11.6. The average molecular weight is 262 g/mol. The van der Waals surface area contributed by atoms with Crippen LogP contribution in [0.4, 0.5) is 5.82 Å². The predicted octanol–water partition coefficient (Wildman–Crippen LogP) is 2.11. The summed E-state index contributed by atoms with van der Waals surface area (Å²) in [6, 6.07) is 3.73. The van der Waals surface area contributed by atoms with Gasteiger partial charge in [-0.05, 0) is 44.2 Å². The van der Waals surface area contributed by atoms with Crippen LogP contribution in [0.15, 0.2) is 17.3 Å². The number of nitrogens with two attached hydrogens (primary N) is 1. The van der Waals surface area contributed by atoms with Crippen LogP contribution in [-0.2, 0) is 0 Å². The molecule has 1 fully saturated rings. The highest BCUT2D eigenvalue weighted by atomic mass is 16.4. The van der Waals surface area contributed by atoms with Gasteiger partial charge in [0.15, 0.2) is 5.84 Å². The summed E-state index contributed by atoms with van der Waals surface area (Å²) in [6.45, 7) is 6.27. The van der Waals surface area contributed by atoms with Crippen molar-refractivity contribution in [1.29, 1.82) is 0 Å². The monoisotopic (exact) mass is 262 g/mol. The molecule has 1 unspecified atom stereocenters. The second-order valence-electron chi connectivity index (χ2n) is 5.36. The van der Waals surface area contributed by atoms with Crippen molar-refractivity contribution in [3.05, 3.63) is 23.4 Å². The maximum atomic E-state index is 8.79. The third-order valence-electron chi connectivity index (χ3n) is 3.68. The molecular formula is C14H22N4O. The molecule has 0 radical (unpaired) electrons. The van der Waals surface area contributed by atoms with E-state index in [9.17, 15) is 0 Å². The highest BCUT2D eigenvalue weighted by molar-refractivity contribution is 5.97. The molecule has 1 aliphatic heterocycles. The van der Waals surface area contributed by atoms with Gasteiger partial charge in [0.2, 0.25) is 0 Å². The van der Waals surface area contributed by atoms with Crippen molar-refractivity contribution in [2.75, 3.05) is 18.0 Å². The van der Waals surface area contributed by atoms with Gasteiger partial charge in [-0.1, -0.05) is 12.1 Å². The average Bonchev–Trinajstić information content (AvgIpc) is 2.62. The molecule has 0 spiro atoms. The fourth-order valence-corrected chi connectivity index (χ4v) is 2.51. The van der Waals surface area contributed by atoms with Gasteiger partial charge >= 0.3 is 0 Å². The number of rotatable bonds is 2. The molecule has 0 amide bonds. The first-order valence-corrected chi connectivity index (χ1v) is 6.81. The van der Waals surface area contributed by atoms with Crippen LogP contribution in [0.5, 0.6) is 0 Å². The molecule has 5 heteroatoms. The highest BCUT2D eigenvalue weighted by Crippen LogP contribution is 2.22. The van der Waals surface area contributed by atoms with E-state index < -0.39 is 0 Å². The Balaban J connectivity index is 2.26. The van der Waals surface area contributed by atoms with Gasteiger partial charge in [-0.25, -0.2) is 4.98 Å². The van der Waals surface area contributed by atoms with E-state index in [1.807, 2.05) is 19.1 Å². The Bertz CT molecular complexity index is 473. The van der Waals surface area contributed by atoms with E-state index in [4.69, 9.17) is 10.9 Å². The number of hydrogen-bond donors (Lipinski definition) is 2. The summed E-state index contributed by atoms with van der Waals surface area (Å²) in [7, 11) is 0. The summed E-state index contributed by atoms with van der Waals surface area (Å²) in [6.07, 6.45) is 3.65. The Hall–Kier alpha value is -1.78. The van der Waals surface area contributed by atoms with Crippen LogP contribution in [0.1, 0.15) is 37.4 Å². The van der Waals surface area contributed by atoms with E-state index >= 15 is 0 Å². The SMILES string of the molecule is Cc1cc(/C(N)=N/O)cc(N2CCCC(C)CC2)n1. The van der Waals surface area contributed by atoms with Crippen molar-refractivity contribution in [2.24, 2.45) is 16.8 Å². The number of hydrogen-bond acceptors (Lipinski definition) is 4. The Morgan fingerprint density at radius 2 is 2.21 bits per heavy atom. The Labute approximate surface area is 114 Å². The van der Waals surface area contributed by atoms with Gasteiger partial charge in [-0.2, -0.15) is 0 Å². The van der Waals surface area contributed by atoms with Gasteiger partial charge in [0.25, 0.3) is 0 Å². The maximum Gasteiger partial charge on any atom is 0.170 e. The molecule has 19 heavy (non-hydrogen) atoms. The lowest BCUT2D eigenvalue weighted by Crippen LogP contribution is -2.26. The minimum Gasteiger partial charge on any atom is -0.409 e. The highest BCUT2D eigenvalue weighted by Gasteiger charge is 2.16. The van der Waals surface area contributed by atoms with Gasteiger partial charge in [0.1, 0.15) is 5.82 Å². The minimum atomic E-state index is 0.134. The lowest BCUT2D eigenvalue weighted by molar-refractivity contribution is 0.318. The van der Waals surface area contributed by atoms with Crippen molar-refractivity contribution >= 4 is 11.7 Å². The van der Waals surface area contributed by atoms with Crippen molar-refractivity contribution in [1.82, 2.24) is 4.98 Å². The van der Waals surface area contributed by atoms with E-state index in [1.165, 1.54) is 19.3 Å². The molecule has 1 atom stereocenters. The van der Waals surface area contributed by atoms with Gasteiger partial charge in [0, 0.05) is 24.3 Å². The number of nitrogens with zero attached hydrogens (tertiary/aromatic N) is 3. The fourth-order valence-electron chi connectivity index (χ4n) is 2.51. The number of aromatic nitrogens is 1. The molecule has 2 rings (SSSR count). The van der Waals surface area contributed by atoms with Gasteiger partial charge in [0.05, 0.1) is 0 Å². The summed E-state index contributed by atoms with van der Waals surface area (Å²) in [4.78, 5) is 6.87. The lowest BCUT2D eigenvalue weighted by Gasteiger charge is -2.22. The van der Waals surface area contributed by atoms with E-state index in [0.717, 1.165) is 36.1 Å². The van der Waals surface area contributed by atoms with Crippen LogP contribution in [0.3, 0.4) is 0 Å². The second kappa shape index (κ2) is 5.91. The van der Waals surface area contributed by atoms with E-state index in [-0.39, 0.29) is 5.84 Å². The summed E-state index contributed by atoms with van der Waals surface area (Å²) in [5, 5.41) is 11.9. The molecule has 1 aromatic heterocycles. The topological polar surface area (TPSA) is 74.7 Å². The van der Waals surface area contributed by atoms with Crippen LogP contribution < -0.4 is 10.6 Å². The quantitative estimate of drug-likeness (QED) is 0.370. The third-order valence-corrected chi connectivity index (χ3v) is 3.68. The molecule has 0 aliphatic carbocycles. The Kier molecular flexibility index (Phi) is 4.24. The van der Waals surface area contributed by atoms with Crippen LogP contribution in [0.2, 0.25) is 0 Å². The molecular weight excluding hydrogens is 240 g/mol. The first kappa shape index (κ1) is 13.6. The molecule has 0 bridgehead atoms. The third kappa shape index (κ3) is 3.36. The molecule has 2 heterocycles. The van der Waals surface area contributed by atoms with E-state index in [0.29, 0.717) is 0 Å². The number of amidine groups is 1. The van der Waals surface area contributed by atoms with Crippen LogP contribution >= 0.6 is 0 Å². The molecule has 104 valence electrons. The number of aryl methyl sites for hydroxylation is 1. The van der Waals surface area contributed by atoms with Gasteiger partial charge in [-0.3, -0.25) is 0 Å². The largest absolute Gasteiger partial charge is 0.409 e. The predicted molar refractivity (Wildman–Crippen MR) is 76.7 cm³/mol. The number of anilines is 1. The van der Waals surface area contributed by atoms with Crippen LogP contribution in [0, 0.1) is 12.8 Å². The first-order valence-electron chi connectivity index (χ1n) is 6.81. The molecule has 1 saturated heterocycles. The fraction of sp³-hybridized carbons (Fsp3) is 0.571. The summed E-state index contributed by atoms with van der Waals surface area (Å²) >= 11 is 0. The van der Waals surface area contributed by atoms with Crippen molar-refractivity contribution in [3.8, 4) is 0 Å². The number of oxime groups is 1. The molecule has 0 saturated carbocycles. The molecule has 1 aliphatic rings. The van der Waals surface area contributed by atoms with Crippen molar-refractivity contribution < 1.29 is 5.21 Å². The zero-order chi connectivity index (χ0) is 13.8. The summed E-state index contributed by atoms with van der Waals surface area (Å²) in [5.41, 5.74) is 7.28. The zero-order valence-electron chi connectivity index (χ0n) is 11.6. The Morgan fingerprint density at radius 1 is 1.42 bits per heavy atom. The van der Waals surface area contributed by atoms with Crippen molar-refractivity contribution in [2.45, 2.75) is 33.1 Å². The van der Waals surface area contributed by atoms with Crippen LogP contribution in [-0.4, -0.2) is 29.1 Å². The second-order valence-corrected chi connectivity index (χ2v) is 5.36. The minimum absolute atomic E-state index is 0.134. The van der Waals surface area contributed by atoms with E-state index in [2.05, 4.69) is 22.0 Å². The molecule has 1 aromatic rings. The first-order chi connectivity index (χ1) is 9.10. The van der Waals surface area contributed by atoms with Gasteiger partial charge in [-0.15, -0.1) is 0 Å². The summed E-state index contributed by atoms with van der Waals surface area (Å²) < 4.78 is 0. The van der Waals surface area contributed by atoms with Crippen molar-refractivity contribution in [3.63, 3.8) is 0 Å². The van der Waals surface area contributed by atoms with Gasteiger partial charge < -0.3 is 15.8 Å². The Morgan fingerprint density at radius 3 is 2.95 bits per heavy atom. The molecule has 5 nitrogen and oxygen atoms in total. The summed E-state index contributed by atoms with van der Waals surface area (Å²) in [5.74, 6) is 1.84. The smallest absolute Gasteiger partial charge is 0.170 e. The maximum absolute atomic E-state index is 8.79. The standard InChI is InChI=1S/C14H22N4O/c1-10-4-3-6-18(7-5-10)13-9-12(14(15)17-19)8-11(2)16-13/h8-10,19H,3-7H2,1-2H3,(H2,15,17). The van der Waals surface area contributed by atoms with E-state index in [1.54, 1.807) is 0 Å².